The summed E-state index contributed by atoms with van der Waals surface area (Å²) in [6.07, 6.45) is 0. The molecular weight excluding hydrogens is 490 g/mol. The van der Waals surface area contributed by atoms with Crippen molar-refractivity contribution in [1.29, 1.82) is 0 Å². The Hall–Kier alpha value is -3.63. The Morgan fingerprint density at radius 2 is 1.80 bits per heavy atom. The van der Waals surface area contributed by atoms with Gasteiger partial charge in [-0.3, -0.25) is 18.7 Å². The van der Waals surface area contributed by atoms with Gasteiger partial charge in [0.25, 0.3) is 5.56 Å². The minimum absolute atomic E-state index is 0.0222. The molecule has 0 fully saturated rings. The van der Waals surface area contributed by atoms with E-state index in [1.807, 2.05) is 13.0 Å². The van der Waals surface area contributed by atoms with Gasteiger partial charge in [0.05, 0.1) is 12.9 Å². The molecule has 0 aliphatic heterocycles. The second-order valence-electron chi connectivity index (χ2n) is 7.79. The number of carbonyl (C=O) groups excluding carboxylic acids is 1. The Morgan fingerprint density at radius 1 is 1.09 bits per heavy atom. The third-order valence-corrected chi connectivity index (χ3v) is 6.79. The third kappa shape index (κ3) is 4.94. The van der Waals surface area contributed by atoms with E-state index >= 15 is 0 Å². The molecule has 4 aromatic rings. The van der Waals surface area contributed by atoms with E-state index in [4.69, 9.17) is 16.3 Å². The van der Waals surface area contributed by atoms with E-state index in [9.17, 15) is 14.4 Å². The third-order valence-electron chi connectivity index (χ3n) is 5.41. The zero-order chi connectivity index (χ0) is 25.3. The first-order valence-electron chi connectivity index (χ1n) is 10.5. The summed E-state index contributed by atoms with van der Waals surface area (Å²) in [5.41, 5.74) is 1.29. The highest BCUT2D eigenvalue weighted by atomic mass is 35.5. The van der Waals surface area contributed by atoms with Gasteiger partial charge in [0.1, 0.15) is 16.2 Å². The van der Waals surface area contributed by atoms with Gasteiger partial charge in [-0.05, 0) is 48.9 Å². The molecule has 180 valence electrons. The normalized spacial score (nSPS) is 11.0. The van der Waals surface area contributed by atoms with Gasteiger partial charge in [-0.15, -0.1) is 0 Å². The van der Waals surface area contributed by atoms with E-state index in [0.29, 0.717) is 32.9 Å². The summed E-state index contributed by atoms with van der Waals surface area (Å²) in [5.74, 6) is 0.662. The molecule has 0 aliphatic rings. The predicted molar refractivity (Wildman–Crippen MR) is 138 cm³/mol. The summed E-state index contributed by atoms with van der Waals surface area (Å²) in [6, 6.07) is 12.3. The number of ether oxygens (including phenoxy) is 1. The lowest BCUT2D eigenvalue weighted by atomic mass is 10.2. The largest absolute Gasteiger partial charge is 0.497 e. The quantitative estimate of drug-likeness (QED) is 0.312. The number of hydrogen-bond donors (Lipinski definition) is 1. The van der Waals surface area contributed by atoms with Crippen LogP contribution in [-0.4, -0.2) is 37.9 Å². The van der Waals surface area contributed by atoms with Crippen molar-refractivity contribution >= 4 is 46.0 Å². The van der Waals surface area contributed by atoms with Crippen LogP contribution in [0.3, 0.4) is 0 Å². The summed E-state index contributed by atoms with van der Waals surface area (Å²) < 4.78 is 7.50. The first kappa shape index (κ1) is 24.5. The smallest absolute Gasteiger partial charge is 0.332 e. The van der Waals surface area contributed by atoms with Crippen LogP contribution in [0.5, 0.6) is 5.75 Å². The average molecular weight is 512 g/mol. The van der Waals surface area contributed by atoms with Crippen LogP contribution in [0.1, 0.15) is 5.56 Å². The molecule has 9 nitrogen and oxygen atoms in total. The topological polar surface area (TPSA) is 108 Å². The van der Waals surface area contributed by atoms with Gasteiger partial charge in [0, 0.05) is 30.4 Å². The molecule has 11 heteroatoms. The van der Waals surface area contributed by atoms with Crippen LogP contribution in [0.2, 0.25) is 5.02 Å². The highest BCUT2D eigenvalue weighted by molar-refractivity contribution is 8.00. The highest BCUT2D eigenvalue weighted by Crippen LogP contribution is 2.27. The number of aromatic nitrogens is 4. The molecule has 2 aromatic heterocycles. The summed E-state index contributed by atoms with van der Waals surface area (Å²) in [4.78, 5) is 47.3. The molecule has 2 aromatic carbocycles. The number of benzene rings is 2. The van der Waals surface area contributed by atoms with E-state index in [0.717, 1.165) is 21.9 Å². The molecule has 0 spiro atoms. The van der Waals surface area contributed by atoms with E-state index in [2.05, 4.69) is 15.3 Å². The number of halogens is 1. The summed E-state index contributed by atoms with van der Waals surface area (Å²) in [5, 5.41) is 3.81. The number of carbonyl (C=O) groups is 1. The molecule has 0 aliphatic carbocycles. The molecule has 1 amide bonds. The number of hydrogen-bond acceptors (Lipinski definition) is 7. The monoisotopic (exact) mass is 511 g/mol. The average Bonchev–Trinajstić information content (AvgIpc) is 2.86. The van der Waals surface area contributed by atoms with Crippen molar-refractivity contribution in [2.75, 3.05) is 18.2 Å². The second-order valence-corrected chi connectivity index (χ2v) is 9.16. The second kappa shape index (κ2) is 9.93. The molecule has 1 N–H and O–H groups in total. The summed E-state index contributed by atoms with van der Waals surface area (Å²) in [6.45, 7) is 1.87. The van der Waals surface area contributed by atoms with Crippen LogP contribution >= 0.6 is 23.4 Å². The van der Waals surface area contributed by atoms with E-state index in [1.54, 1.807) is 43.5 Å². The van der Waals surface area contributed by atoms with Crippen molar-refractivity contribution in [3.05, 3.63) is 73.9 Å². The Bertz CT molecular complexity index is 1560. The standard InChI is InChI=1S/C24H22ClN5O4S/c1-13-5-8-15(11-17(13)25)26-18(31)12-35-22-19-21(29(2)24(33)30(3)23(19)32)27-20(28-22)14-6-9-16(34-4)10-7-14/h5-11H,12H2,1-4H3,(H,26,31). The van der Waals surface area contributed by atoms with E-state index < -0.39 is 11.2 Å². The molecule has 2 heterocycles. The molecule has 0 bridgehead atoms. The minimum Gasteiger partial charge on any atom is -0.497 e. The lowest BCUT2D eigenvalue weighted by molar-refractivity contribution is -0.113. The number of aryl methyl sites for hydroxylation is 2. The van der Waals surface area contributed by atoms with E-state index in [1.165, 1.54) is 18.7 Å². The number of amides is 1. The SMILES string of the molecule is COc1ccc(-c2nc(SCC(=O)Nc3ccc(C)c(Cl)c3)c3c(=O)n(C)c(=O)n(C)c3n2)cc1. The number of fused-ring (bicyclic) bond motifs is 1. The maximum absolute atomic E-state index is 13.0. The molecule has 0 radical (unpaired) electrons. The Balaban J connectivity index is 1.74. The van der Waals surface area contributed by atoms with Gasteiger partial charge in [-0.2, -0.15) is 0 Å². The Kier molecular flexibility index (Phi) is 6.95. The van der Waals surface area contributed by atoms with Crippen LogP contribution in [0.25, 0.3) is 22.4 Å². The van der Waals surface area contributed by atoms with Crippen molar-refractivity contribution in [2.24, 2.45) is 14.1 Å². The lowest BCUT2D eigenvalue weighted by Gasteiger charge is -2.12. The van der Waals surface area contributed by atoms with Crippen LogP contribution in [0, 0.1) is 6.92 Å². The summed E-state index contributed by atoms with van der Waals surface area (Å²) in [7, 11) is 4.50. The van der Waals surface area contributed by atoms with Crippen molar-refractivity contribution in [1.82, 2.24) is 19.1 Å². The first-order chi connectivity index (χ1) is 16.7. The van der Waals surface area contributed by atoms with Crippen molar-refractivity contribution in [2.45, 2.75) is 11.9 Å². The van der Waals surface area contributed by atoms with Gasteiger partial charge >= 0.3 is 5.69 Å². The molecule has 0 unspecified atom stereocenters. The maximum Gasteiger partial charge on any atom is 0.332 e. The fourth-order valence-electron chi connectivity index (χ4n) is 3.40. The molecular formula is C24H22ClN5O4S. The number of anilines is 1. The minimum atomic E-state index is -0.530. The highest BCUT2D eigenvalue weighted by Gasteiger charge is 2.19. The van der Waals surface area contributed by atoms with Gasteiger partial charge in [0.15, 0.2) is 11.5 Å². The number of methoxy groups -OCH3 is 1. The fourth-order valence-corrected chi connectivity index (χ4v) is 4.40. The molecule has 0 saturated heterocycles. The van der Waals surface area contributed by atoms with Gasteiger partial charge < -0.3 is 10.1 Å². The zero-order valence-corrected chi connectivity index (χ0v) is 21.0. The maximum atomic E-state index is 13.0. The van der Waals surface area contributed by atoms with Gasteiger partial charge in [0.2, 0.25) is 5.91 Å². The van der Waals surface area contributed by atoms with Crippen LogP contribution < -0.4 is 21.3 Å². The Labute approximate surface area is 209 Å². The molecule has 35 heavy (non-hydrogen) atoms. The lowest BCUT2D eigenvalue weighted by Crippen LogP contribution is -2.37. The summed E-state index contributed by atoms with van der Waals surface area (Å²) >= 11 is 7.23. The van der Waals surface area contributed by atoms with Crippen molar-refractivity contribution in [3.8, 4) is 17.1 Å². The number of nitrogens with zero attached hydrogens (tertiary/aromatic N) is 4. The van der Waals surface area contributed by atoms with Crippen LogP contribution in [0.15, 0.2) is 57.1 Å². The van der Waals surface area contributed by atoms with Gasteiger partial charge in [-0.1, -0.05) is 29.4 Å². The fraction of sp³-hybridized carbons (Fsp3) is 0.208. The molecule has 0 saturated carbocycles. The number of thioether (sulfide) groups is 1. The zero-order valence-electron chi connectivity index (χ0n) is 19.5. The predicted octanol–water partition coefficient (Wildman–Crippen LogP) is 3.40. The Morgan fingerprint density at radius 3 is 2.46 bits per heavy atom. The van der Waals surface area contributed by atoms with Crippen LogP contribution in [-0.2, 0) is 18.9 Å². The molecule has 4 rings (SSSR count). The number of nitrogens with one attached hydrogen (secondary N) is 1. The number of rotatable bonds is 6. The first-order valence-corrected chi connectivity index (χ1v) is 11.9. The molecule has 0 atom stereocenters. The van der Waals surface area contributed by atoms with Crippen LogP contribution in [0.4, 0.5) is 5.69 Å². The van der Waals surface area contributed by atoms with Crippen molar-refractivity contribution < 1.29 is 9.53 Å². The van der Waals surface area contributed by atoms with E-state index in [-0.39, 0.29) is 22.7 Å². The van der Waals surface area contributed by atoms with Crippen molar-refractivity contribution in [3.63, 3.8) is 0 Å². The van der Waals surface area contributed by atoms with Gasteiger partial charge in [-0.25, -0.2) is 14.8 Å².